The summed E-state index contributed by atoms with van der Waals surface area (Å²) >= 11 is 0. The van der Waals surface area contributed by atoms with Gasteiger partial charge in [0.2, 0.25) is 21.8 Å². The number of rotatable bonds is 8. The number of amides is 2. The van der Waals surface area contributed by atoms with E-state index in [2.05, 4.69) is 5.32 Å². The normalized spacial score (nSPS) is 15.5. The Balaban J connectivity index is 1.84. The van der Waals surface area contributed by atoms with Crippen LogP contribution in [-0.4, -0.2) is 69.3 Å². The van der Waals surface area contributed by atoms with E-state index in [4.69, 9.17) is 4.74 Å². The van der Waals surface area contributed by atoms with Gasteiger partial charge in [-0.15, -0.1) is 0 Å². The lowest BCUT2D eigenvalue weighted by Gasteiger charge is -2.34. The number of carbonyl (C=O) groups excluding carboxylic acids is 2. The Morgan fingerprint density at radius 2 is 1.71 bits per heavy atom. The van der Waals surface area contributed by atoms with E-state index in [-0.39, 0.29) is 36.3 Å². The molecule has 0 spiro atoms. The van der Waals surface area contributed by atoms with Gasteiger partial charge in [0.15, 0.2) is 0 Å². The summed E-state index contributed by atoms with van der Waals surface area (Å²) in [6.45, 7) is 5.08. The molecule has 1 fully saturated rings. The molecule has 0 aliphatic carbocycles. The van der Waals surface area contributed by atoms with Crippen molar-refractivity contribution in [2.75, 3.05) is 39.8 Å². The van der Waals surface area contributed by atoms with E-state index in [0.29, 0.717) is 31.2 Å². The zero-order valence-corrected chi connectivity index (χ0v) is 17.5. The molecule has 0 bridgehead atoms. The largest absolute Gasteiger partial charge is 0.497 e. The lowest BCUT2D eigenvalue weighted by Crippen LogP contribution is -2.52. The van der Waals surface area contributed by atoms with Gasteiger partial charge >= 0.3 is 0 Å². The van der Waals surface area contributed by atoms with Crippen molar-refractivity contribution >= 4 is 21.8 Å². The highest BCUT2D eigenvalue weighted by Gasteiger charge is 2.30. The fraction of sp³-hybridized carbons (Fsp3) is 0.579. The number of piperazine rings is 1. The van der Waals surface area contributed by atoms with E-state index in [1.165, 1.54) is 23.5 Å². The number of hydrogen-bond donors (Lipinski definition) is 1. The highest BCUT2D eigenvalue weighted by atomic mass is 32.2. The fourth-order valence-corrected chi connectivity index (χ4v) is 4.29. The Morgan fingerprint density at radius 3 is 2.25 bits per heavy atom. The highest BCUT2D eigenvalue weighted by molar-refractivity contribution is 7.89. The zero-order valence-electron chi connectivity index (χ0n) is 16.7. The molecule has 1 aliphatic rings. The summed E-state index contributed by atoms with van der Waals surface area (Å²) in [4.78, 5) is 25.8. The van der Waals surface area contributed by atoms with Crippen LogP contribution in [0.3, 0.4) is 0 Å². The number of nitrogens with one attached hydrogen (secondary N) is 1. The maximum absolute atomic E-state index is 12.7. The van der Waals surface area contributed by atoms with Crippen LogP contribution in [-0.2, 0) is 19.6 Å². The molecule has 1 heterocycles. The van der Waals surface area contributed by atoms with Gasteiger partial charge in [-0.3, -0.25) is 9.59 Å². The first-order valence-electron chi connectivity index (χ1n) is 9.42. The first-order chi connectivity index (χ1) is 13.2. The van der Waals surface area contributed by atoms with E-state index in [9.17, 15) is 18.0 Å². The lowest BCUT2D eigenvalue weighted by molar-refractivity contribution is -0.133. The zero-order chi connectivity index (χ0) is 20.7. The molecule has 2 amide bonds. The minimum absolute atomic E-state index is 0.0534. The summed E-state index contributed by atoms with van der Waals surface area (Å²) < 4.78 is 31.9. The standard InChI is InChI=1S/C19H29N3O5S/c1-15(2)4-9-18(23)20-14-19(24)21-10-12-22(13-11-21)28(25,26)17-7-5-16(27-3)6-8-17/h5-8,15H,4,9-14H2,1-3H3,(H,20,23). The number of nitrogens with zero attached hydrogens (tertiary/aromatic N) is 2. The molecular weight excluding hydrogens is 382 g/mol. The van der Waals surface area contributed by atoms with Gasteiger partial charge in [-0.05, 0) is 36.6 Å². The van der Waals surface area contributed by atoms with Crippen LogP contribution >= 0.6 is 0 Å². The summed E-state index contributed by atoms with van der Waals surface area (Å²) in [5, 5.41) is 2.64. The molecule has 1 saturated heterocycles. The molecule has 1 aliphatic heterocycles. The topological polar surface area (TPSA) is 96.0 Å². The molecule has 0 saturated carbocycles. The molecule has 0 aromatic heterocycles. The maximum Gasteiger partial charge on any atom is 0.243 e. The van der Waals surface area contributed by atoms with Crippen molar-refractivity contribution < 1.29 is 22.7 Å². The van der Waals surface area contributed by atoms with Crippen molar-refractivity contribution in [1.82, 2.24) is 14.5 Å². The van der Waals surface area contributed by atoms with Gasteiger partial charge in [0.1, 0.15) is 5.75 Å². The Bertz CT molecular complexity index is 769. The minimum atomic E-state index is -3.61. The number of methoxy groups -OCH3 is 1. The monoisotopic (exact) mass is 411 g/mol. The van der Waals surface area contributed by atoms with E-state index >= 15 is 0 Å². The second-order valence-electron chi connectivity index (χ2n) is 7.17. The van der Waals surface area contributed by atoms with Crippen molar-refractivity contribution in [1.29, 1.82) is 0 Å². The second kappa shape index (κ2) is 9.88. The third-order valence-corrected chi connectivity index (χ3v) is 6.59. The highest BCUT2D eigenvalue weighted by Crippen LogP contribution is 2.20. The van der Waals surface area contributed by atoms with E-state index in [1.54, 1.807) is 17.0 Å². The number of ether oxygens (including phenoxy) is 1. The summed E-state index contributed by atoms with van der Waals surface area (Å²) in [6.07, 6.45) is 1.18. The average Bonchev–Trinajstić information content (AvgIpc) is 2.70. The average molecular weight is 412 g/mol. The third-order valence-electron chi connectivity index (χ3n) is 4.67. The molecule has 9 heteroatoms. The van der Waals surface area contributed by atoms with Crippen LogP contribution in [0.2, 0.25) is 0 Å². The maximum atomic E-state index is 12.7. The van der Waals surface area contributed by atoms with Crippen LogP contribution in [0.15, 0.2) is 29.2 Å². The molecule has 0 radical (unpaired) electrons. The molecular formula is C19H29N3O5S. The van der Waals surface area contributed by atoms with Crippen LogP contribution in [0.5, 0.6) is 5.75 Å². The predicted octanol–water partition coefficient (Wildman–Crippen LogP) is 1.08. The number of hydrogen-bond acceptors (Lipinski definition) is 5. The quantitative estimate of drug-likeness (QED) is 0.691. The SMILES string of the molecule is COc1ccc(S(=O)(=O)N2CCN(C(=O)CNC(=O)CCC(C)C)CC2)cc1. The molecule has 1 aromatic rings. The van der Waals surface area contributed by atoms with Crippen LogP contribution in [0, 0.1) is 5.92 Å². The van der Waals surface area contributed by atoms with E-state index < -0.39 is 10.0 Å². The first kappa shape index (κ1) is 22.2. The van der Waals surface area contributed by atoms with Gasteiger partial charge in [0.25, 0.3) is 0 Å². The van der Waals surface area contributed by atoms with Gasteiger partial charge < -0.3 is 15.0 Å². The lowest BCUT2D eigenvalue weighted by atomic mass is 10.1. The number of benzene rings is 1. The van der Waals surface area contributed by atoms with Gasteiger partial charge in [-0.1, -0.05) is 13.8 Å². The van der Waals surface area contributed by atoms with E-state index in [1.807, 2.05) is 13.8 Å². The number of carbonyl (C=O) groups is 2. The molecule has 8 nitrogen and oxygen atoms in total. The van der Waals surface area contributed by atoms with Crippen molar-refractivity contribution in [2.45, 2.75) is 31.6 Å². The number of sulfonamides is 1. The molecule has 0 atom stereocenters. The van der Waals surface area contributed by atoms with Gasteiger partial charge in [-0.2, -0.15) is 4.31 Å². The Kier molecular flexibility index (Phi) is 7.82. The first-order valence-corrected chi connectivity index (χ1v) is 10.9. The van der Waals surface area contributed by atoms with Crippen LogP contribution in [0.4, 0.5) is 0 Å². The van der Waals surface area contributed by atoms with Gasteiger partial charge in [-0.25, -0.2) is 8.42 Å². The summed E-state index contributed by atoms with van der Waals surface area (Å²) in [5.74, 6) is 0.689. The van der Waals surface area contributed by atoms with Crippen molar-refractivity contribution in [3.05, 3.63) is 24.3 Å². The molecule has 0 unspecified atom stereocenters. The van der Waals surface area contributed by atoms with Crippen LogP contribution < -0.4 is 10.1 Å². The van der Waals surface area contributed by atoms with Gasteiger partial charge in [0, 0.05) is 32.6 Å². The molecule has 156 valence electrons. The smallest absolute Gasteiger partial charge is 0.243 e. The summed E-state index contributed by atoms with van der Waals surface area (Å²) in [6, 6.07) is 6.24. The van der Waals surface area contributed by atoms with Gasteiger partial charge in [0.05, 0.1) is 18.6 Å². The van der Waals surface area contributed by atoms with Crippen LogP contribution in [0.25, 0.3) is 0 Å². The van der Waals surface area contributed by atoms with Crippen molar-refractivity contribution in [3.8, 4) is 5.75 Å². The molecule has 1 N–H and O–H groups in total. The van der Waals surface area contributed by atoms with Crippen LogP contribution in [0.1, 0.15) is 26.7 Å². The van der Waals surface area contributed by atoms with E-state index in [0.717, 1.165) is 6.42 Å². The third kappa shape index (κ3) is 5.93. The fourth-order valence-electron chi connectivity index (χ4n) is 2.87. The molecule has 1 aromatic carbocycles. The summed E-state index contributed by atoms with van der Waals surface area (Å²) in [5.41, 5.74) is 0. The predicted molar refractivity (Wildman–Crippen MR) is 105 cm³/mol. The van der Waals surface area contributed by atoms with Crippen molar-refractivity contribution in [3.63, 3.8) is 0 Å². The summed E-state index contributed by atoms with van der Waals surface area (Å²) in [7, 11) is -2.09. The Labute approximate surface area is 166 Å². The Morgan fingerprint density at radius 1 is 1.11 bits per heavy atom. The van der Waals surface area contributed by atoms with Crippen molar-refractivity contribution in [2.24, 2.45) is 5.92 Å². The second-order valence-corrected chi connectivity index (χ2v) is 9.11. The molecule has 28 heavy (non-hydrogen) atoms. The minimum Gasteiger partial charge on any atom is -0.497 e. The molecule has 2 rings (SSSR count). The Hall–Kier alpha value is -2.13.